The van der Waals surface area contributed by atoms with Crippen molar-refractivity contribution in [3.05, 3.63) is 0 Å². The fourth-order valence-electron chi connectivity index (χ4n) is 4.21. The first kappa shape index (κ1) is 11.5. The van der Waals surface area contributed by atoms with E-state index in [1.54, 1.807) is 0 Å². The van der Waals surface area contributed by atoms with Crippen LogP contribution in [0.25, 0.3) is 0 Å². The van der Waals surface area contributed by atoms with Gasteiger partial charge < -0.3 is 10.6 Å². The summed E-state index contributed by atoms with van der Waals surface area (Å²) in [7, 11) is 0. The molecule has 2 unspecified atom stereocenters. The van der Waals surface area contributed by atoms with Gasteiger partial charge in [-0.25, -0.2) is 0 Å². The predicted octanol–water partition coefficient (Wildman–Crippen LogP) is 2.05. The van der Waals surface area contributed by atoms with E-state index in [4.69, 9.17) is 5.73 Å². The van der Waals surface area contributed by atoms with Gasteiger partial charge in [0.25, 0.3) is 0 Å². The molecule has 2 N–H and O–H groups in total. The van der Waals surface area contributed by atoms with Crippen LogP contribution in [-0.2, 0) is 4.79 Å². The molecule has 3 heteroatoms. The highest BCUT2D eigenvalue weighted by Gasteiger charge is 2.45. The molecule has 3 rings (SSSR count). The van der Waals surface area contributed by atoms with E-state index in [0.717, 1.165) is 38.1 Å². The van der Waals surface area contributed by atoms with E-state index in [1.807, 2.05) is 0 Å². The Morgan fingerprint density at radius 2 is 1.76 bits per heavy atom. The number of carbonyl (C=O) groups is 1. The molecule has 0 aromatic carbocycles. The molecule has 1 saturated heterocycles. The number of hydrogen-bond acceptors (Lipinski definition) is 2. The Hall–Kier alpha value is -0.570. The Morgan fingerprint density at radius 1 is 1.06 bits per heavy atom. The average Bonchev–Trinajstić information content (AvgIpc) is 2.96. The van der Waals surface area contributed by atoms with Crippen molar-refractivity contribution < 1.29 is 4.79 Å². The molecule has 1 heterocycles. The smallest absolute Gasteiger partial charge is 0.242 e. The van der Waals surface area contributed by atoms with Crippen LogP contribution < -0.4 is 5.73 Å². The summed E-state index contributed by atoms with van der Waals surface area (Å²) in [5, 5.41) is 0. The second-order valence-corrected chi connectivity index (χ2v) is 6.26. The monoisotopic (exact) mass is 236 g/mol. The van der Waals surface area contributed by atoms with Gasteiger partial charge in [0.2, 0.25) is 5.91 Å². The zero-order valence-corrected chi connectivity index (χ0v) is 10.7. The molecule has 0 aromatic heterocycles. The van der Waals surface area contributed by atoms with Gasteiger partial charge in [0.05, 0.1) is 5.54 Å². The van der Waals surface area contributed by atoms with Gasteiger partial charge in [0, 0.05) is 12.6 Å². The van der Waals surface area contributed by atoms with Crippen LogP contribution in [0.5, 0.6) is 0 Å². The van der Waals surface area contributed by atoms with E-state index in [0.29, 0.717) is 6.04 Å². The van der Waals surface area contributed by atoms with Gasteiger partial charge in [-0.3, -0.25) is 4.79 Å². The highest BCUT2D eigenvalue weighted by Crippen LogP contribution is 2.39. The fraction of sp³-hybridized carbons (Fsp3) is 0.929. The van der Waals surface area contributed by atoms with Gasteiger partial charge in [0.1, 0.15) is 0 Å². The zero-order chi connectivity index (χ0) is 11.9. The predicted molar refractivity (Wildman–Crippen MR) is 67.5 cm³/mol. The lowest BCUT2D eigenvalue weighted by atomic mass is 9.88. The quantitative estimate of drug-likeness (QED) is 0.757. The third-order valence-corrected chi connectivity index (χ3v) is 5.18. The van der Waals surface area contributed by atoms with Crippen LogP contribution in [0.1, 0.15) is 57.8 Å². The van der Waals surface area contributed by atoms with E-state index in [9.17, 15) is 4.79 Å². The number of nitrogens with two attached hydrogens (primary N) is 1. The maximum absolute atomic E-state index is 12.7. The van der Waals surface area contributed by atoms with Crippen molar-refractivity contribution in [3.63, 3.8) is 0 Å². The van der Waals surface area contributed by atoms with Crippen LogP contribution in [0.3, 0.4) is 0 Å². The first-order chi connectivity index (χ1) is 8.21. The molecule has 2 saturated carbocycles. The van der Waals surface area contributed by atoms with Crippen LogP contribution in [0.2, 0.25) is 0 Å². The van der Waals surface area contributed by atoms with Gasteiger partial charge in [0.15, 0.2) is 0 Å². The first-order valence-corrected chi connectivity index (χ1v) is 7.31. The molecule has 3 aliphatic rings. The van der Waals surface area contributed by atoms with E-state index in [1.165, 1.54) is 32.1 Å². The minimum absolute atomic E-state index is 0.270. The first-order valence-electron chi connectivity index (χ1n) is 7.31. The standard InChI is InChI=1S/C14H24N2O/c15-14(8-1-2-9-14)13(17)16-10-4-6-11-5-3-7-12(11)16/h11-12H,1-10,15H2. The number of amides is 1. The van der Waals surface area contributed by atoms with E-state index in [2.05, 4.69) is 4.90 Å². The zero-order valence-electron chi connectivity index (χ0n) is 10.7. The van der Waals surface area contributed by atoms with Crippen LogP contribution in [0.4, 0.5) is 0 Å². The van der Waals surface area contributed by atoms with Gasteiger partial charge in [-0.05, 0) is 44.4 Å². The molecule has 3 fully saturated rings. The number of nitrogens with zero attached hydrogens (tertiary/aromatic N) is 1. The number of piperidine rings is 1. The van der Waals surface area contributed by atoms with Crippen molar-refractivity contribution >= 4 is 5.91 Å². The average molecular weight is 236 g/mol. The summed E-state index contributed by atoms with van der Waals surface area (Å²) in [6.45, 7) is 0.957. The largest absolute Gasteiger partial charge is 0.338 e. The summed E-state index contributed by atoms with van der Waals surface area (Å²) in [5.74, 6) is 1.05. The van der Waals surface area contributed by atoms with Crippen LogP contribution >= 0.6 is 0 Å². The molecule has 2 aliphatic carbocycles. The Morgan fingerprint density at radius 3 is 2.53 bits per heavy atom. The topological polar surface area (TPSA) is 46.3 Å². The van der Waals surface area contributed by atoms with Crippen LogP contribution in [-0.4, -0.2) is 28.9 Å². The summed E-state index contributed by atoms with van der Waals surface area (Å²) < 4.78 is 0. The molecule has 0 bridgehead atoms. The van der Waals surface area contributed by atoms with Crippen molar-refractivity contribution in [1.29, 1.82) is 0 Å². The van der Waals surface area contributed by atoms with E-state index >= 15 is 0 Å². The number of likely N-dealkylation sites (tertiary alicyclic amines) is 1. The van der Waals surface area contributed by atoms with Gasteiger partial charge in [-0.1, -0.05) is 19.3 Å². The highest BCUT2D eigenvalue weighted by atomic mass is 16.2. The maximum Gasteiger partial charge on any atom is 0.242 e. The molecule has 96 valence electrons. The highest BCUT2D eigenvalue weighted by molar-refractivity contribution is 5.86. The molecule has 3 nitrogen and oxygen atoms in total. The summed E-state index contributed by atoms with van der Waals surface area (Å²) >= 11 is 0. The number of hydrogen-bond donors (Lipinski definition) is 1. The van der Waals surface area contributed by atoms with Crippen molar-refractivity contribution in [2.75, 3.05) is 6.54 Å². The Kier molecular flexibility index (Phi) is 2.89. The van der Waals surface area contributed by atoms with Gasteiger partial charge in [-0.15, -0.1) is 0 Å². The van der Waals surface area contributed by atoms with Crippen LogP contribution in [0, 0.1) is 5.92 Å². The van der Waals surface area contributed by atoms with Gasteiger partial charge in [-0.2, -0.15) is 0 Å². The second-order valence-electron chi connectivity index (χ2n) is 6.26. The van der Waals surface area contributed by atoms with Gasteiger partial charge >= 0.3 is 0 Å². The van der Waals surface area contributed by atoms with Crippen molar-refractivity contribution in [2.45, 2.75) is 69.4 Å². The minimum atomic E-state index is -0.509. The third-order valence-electron chi connectivity index (χ3n) is 5.18. The summed E-state index contributed by atoms with van der Waals surface area (Å²) in [6, 6.07) is 0.525. The number of fused-ring (bicyclic) bond motifs is 1. The lowest BCUT2D eigenvalue weighted by molar-refractivity contribution is -0.141. The molecule has 17 heavy (non-hydrogen) atoms. The van der Waals surface area contributed by atoms with E-state index < -0.39 is 5.54 Å². The maximum atomic E-state index is 12.7. The molecule has 0 radical (unpaired) electrons. The second kappa shape index (κ2) is 4.27. The molecule has 2 atom stereocenters. The van der Waals surface area contributed by atoms with Crippen molar-refractivity contribution in [2.24, 2.45) is 11.7 Å². The molecule has 0 spiro atoms. The number of carbonyl (C=O) groups excluding carboxylic acids is 1. The normalized spacial score (nSPS) is 35.9. The lowest BCUT2D eigenvalue weighted by Crippen LogP contribution is -2.58. The molecule has 0 aromatic rings. The summed E-state index contributed by atoms with van der Waals surface area (Å²) in [6.07, 6.45) is 10.4. The SMILES string of the molecule is NC1(C(=O)N2CCCC3CCCC32)CCCC1. The molecular weight excluding hydrogens is 212 g/mol. The summed E-state index contributed by atoms with van der Waals surface area (Å²) in [5.41, 5.74) is 5.82. The molecular formula is C14H24N2O. The van der Waals surface area contributed by atoms with Crippen LogP contribution in [0.15, 0.2) is 0 Å². The lowest BCUT2D eigenvalue weighted by Gasteiger charge is -2.41. The Balaban J connectivity index is 1.76. The summed E-state index contributed by atoms with van der Waals surface area (Å²) in [4.78, 5) is 14.8. The van der Waals surface area contributed by atoms with E-state index in [-0.39, 0.29) is 5.91 Å². The molecule has 1 amide bonds. The Labute approximate surface area is 104 Å². The third kappa shape index (κ3) is 1.88. The fourth-order valence-corrected chi connectivity index (χ4v) is 4.21. The molecule has 1 aliphatic heterocycles. The van der Waals surface area contributed by atoms with Crippen molar-refractivity contribution in [1.82, 2.24) is 4.90 Å². The minimum Gasteiger partial charge on any atom is -0.338 e. The number of rotatable bonds is 1. The Bertz CT molecular complexity index is 309. The van der Waals surface area contributed by atoms with Crippen molar-refractivity contribution in [3.8, 4) is 0 Å².